The molecular weight excluding hydrogens is 352 g/mol. The second kappa shape index (κ2) is 28.2. The van der Waals surface area contributed by atoms with Crippen LogP contribution in [-0.2, 0) is 19.2 Å². The lowest BCUT2D eigenvalue weighted by Crippen LogP contribution is -2.35. The standard InChI is InChI=1S/C10H17NO.C4H9NO.C3H5NO3.CH5N/c1-5-6-7-10(12)11-9(4)8(2)3;1-2-3-5-4-6;5-2-4-1-3(6)7;1-2/h1,8-9H,6-7H2,2-4H3,(H,11,12);4H,2-3H2,1H3,(H,5,6);2H,1H2,(H,4,5)(H,6,7);2H2,1H3. The van der Waals surface area contributed by atoms with Crippen LogP contribution in [0.25, 0.3) is 0 Å². The van der Waals surface area contributed by atoms with Gasteiger partial charge in [0.2, 0.25) is 18.7 Å². The summed E-state index contributed by atoms with van der Waals surface area (Å²) in [5, 5.41) is 15.2. The van der Waals surface area contributed by atoms with Crippen LogP contribution in [0.5, 0.6) is 0 Å². The summed E-state index contributed by atoms with van der Waals surface area (Å²) in [4.78, 5) is 39.4. The maximum absolute atomic E-state index is 11.1. The van der Waals surface area contributed by atoms with Gasteiger partial charge in [0.15, 0.2) is 0 Å². The van der Waals surface area contributed by atoms with E-state index in [1.54, 1.807) is 0 Å². The van der Waals surface area contributed by atoms with E-state index in [4.69, 9.17) is 11.5 Å². The second-order valence-corrected chi connectivity index (χ2v) is 5.27. The molecule has 1 unspecified atom stereocenters. The van der Waals surface area contributed by atoms with Crippen molar-refractivity contribution in [2.75, 3.05) is 20.1 Å². The van der Waals surface area contributed by atoms with Crippen molar-refractivity contribution in [3.63, 3.8) is 0 Å². The normalized spacial score (nSPS) is 9.26. The van der Waals surface area contributed by atoms with Crippen molar-refractivity contribution >= 4 is 24.7 Å². The molecule has 0 aliphatic rings. The van der Waals surface area contributed by atoms with Crippen molar-refractivity contribution in [3.05, 3.63) is 0 Å². The van der Waals surface area contributed by atoms with E-state index >= 15 is 0 Å². The van der Waals surface area contributed by atoms with Crippen LogP contribution in [-0.4, -0.2) is 56.0 Å². The largest absolute Gasteiger partial charge is 0.480 e. The molecule has 158 valence electrons. The highest BCUT2D eigenvalue weighted by Crippen LogP contribution is 2.00. The van der Waals surface area contributed by atoms with E-state index in [0.717, 1.165) is 13.0 Å². The first kappa shape index (κ1) is 32.1. The number of nitrogens with two attached hydrogens (primary N) is 1. The van der Waals surface area contributed by atoms with E-state index in [0.29, 0.717) is 31.6 Å². The molecule has 0 aromatic heterocycles. The number of hydrogen-bond donors (Lipinski definition) is 5. The van der Waals surface area contributed by atoms with Gasteiger partial charge in [-0.05, 0) is 26.3 Å². The highest BCUT2D eigenvalue weighted by Gasteiger charge is 2.09. The number of amides is 3. The van der Waals surface area contributed by atoms with Crippen molar-refractivity contribution in [1.82, 2.24) is 16.0 Å². The smallest absolute Gasteiger partial charge is 0.322 e. The number of nitrogens with one attached hydrogen (secondary N) is 3. The van der Waals surface area contributed by atoms with Gasteiger partial charge in [0, 0.05) is 25.4 Å². The Hall–Kier alpha value is -2.60. The molecule has 9 nitrogen and oxygen atoms in total. The second-order valence-electron chi connectivity index (χ2n) is 5.27. The van der Waals surface area contributed by atoms with Gasteiger partial charge in [-0.15, -0.1) is 12.3 Å². The van der Waals surface area contributed by atoms with Gasteiger partial charge in [-0.2, -0.15) is 0 Å². The van der Waals surface area contributed by atoms with Crippen LogP contribution in [0, 0.1) is 18.3 Å². The highest BCUT2D eigenvalue weighted by molar-refractivity contribution is 5.76. The van der Waals surface area contributed by atoms with Crippen molar-refractivity contribution < 1.29 is 24.3 Å². The molecule has 0 saturated heterocycles. The summed E-state index contributed by atoms with van der Waals surface area (Å²) in [6.07, 6.45) is 8.07. The molecule has 9 heteroatoms. The summed E-state index contributed by atoms with van der Waals surface area (Å²) in [5.41, 5.74) is 4.50. The Bertz CT molecular complexity index is 409. The molecule has 0 fully saturated rings. The quantitative estimate of drug-likeness (QED) is 0.203. The van der Waals surface area contributed by atoms with Crippen LogP contribution >= 0.6 is 0 Å². The number of carboxylic acids is 1. The minimum Gasteiger partial charge on any atom is -0.480 e. The van der Waals surface area contributed by atoms with Crippen LogP contribution in [0.1, 0.15) is 47.0 Å². The molecule has 3 amide bonds. The summed E-state index contributed by atoms with van der Waals surface area (Å²) in [6.45, 7) is 8.65. The predicted octanol–water partition coefficient (Wildman–Crippen LogP) is 0.0948. The van der Waals surface area contributed by atoms with Crippen LogP contribution < -0.4 is 21.7 Å². The number of rotatable bonds is 10. The number of aliphatic carboxylic acids is 1. The molecule has 0 saturated carbocycles. The molecule has 0 rings (SSSR count). The molecule has 0 aromatic rings. The van der Waals surface area contributed by atoms with Crippen LogP contribution in [0.4, 0.5) is 0 Å². The van der Waals surface area contributed by atoms with Crippen LogP contribution in [0.3, 0.4) is 0 Å². The molecule has 1 atom stereocenters. The van der Waals surface area contributed by atoms with E-state index in [2.05, 4.69) is 36.1 Å². The van der Waals surface area contributed by atoms with Gasteiger partial charge in [-0.25, -0.2) is 0 Å². The third kappa shape index (κ3) is 39.8. The summed E-state index contributed by atoms with van der Waals surface area (Å²) >= 11 is 0. The molecule has 0 aliphatic heterocycles. The van der Waals surface area contributed by atoms with Gasteiger partial charge >= 0.3 is 5.97 Å². The van der Waals surface area contributed by atoms with Crippen molar-refractivity contribution in [2.24, 2.45) is 11.7 Å². The Morgan fingerprint density at radius 2 is 1.67 bits per heavy atom. The average molecular weight is 389 g/mol. The van der Waals surface area contributed by atoms with Crippen molar-refractivity contribution in [3.8, 4) is 12.3 Å². The first-order valence-electron chi connectivity index (χ1n) is 8.63. The molecule has 0 spiro atoms. The predicted molar refractivity (Wildman–Crippen MR) is 107 cm³/mol. The maximum atomic E-state index is 11.1. The zero-order chi connectivity index (χ0) is 22.1. The van der Waals surface area contributed by atoms with E-state index in [-0.39, 0.29) is 18.5 Å². The third-order valence-electron chi connectivity index (χ3n) is 2.70. The summed E-state index contributed by atoms with van der Waals surface area (Å²) in [7, 11) is 1.50. The number of hydrogen-bond acceptors (Lipinski definition) is 5. The Balaban J connectivity index is -0.000000151. The Morgan fingerprint density at radius 3 is 1.93 bits per heavy atom. The molecule has 0 bridgehead atoms. The topological polar surface area (TPSA) is 151 Å². The van der Waals surface area contributed by atoms with Gasteiger partial charge in [-0.3, -0.25) is 19.2 Å². The summed E-state index contributed by atoms with van der Waals surface area (Å²) in [6, 6.07) is 0.232. The number of carbonyl (C=O) groups excluding carboxylic acids is 3. The van der Waals surface area contributed by atoms with E-state index in [9.17, 15) is 19.2 Å². The van der Waals surface area contributed by atoms with Crippen LogP contribution in [0.15, 0.2) is 0 Å². The van der Waals surface area contributed by atoms with Gasteiger partial charge in [0.1, 0.15) is 6.54 Å². The van der Waals surface area contributed by atoms with Crippen molar-refractivity contribution in [2.45, 2.75) is 53.0 Å². The van der Waals surface area contributed by atoms with Gasteiger partial charge in [0.25, 0.3) is 0 Å². The third-order valence-corrected chi connectivity index (χ3v) is 2.70. The minimum absolute atomic E-state index is 0.0501. The fourth-order valence-electron chi connectivity index (χ4n) is 1.01. The first-order chi connectivity index (χ1) is 12.8. The number of terminal acetylenes is 1. The van der Waals surface area contributed by atoms with Crippen molar-refractivity contribution in [1.29, 1.82) is 0 Å². The average Bonchev–Trinajstić information content (AvgIpc) is 2.65. The van der Waals surface area contributed by atoms with E-state index in [1.165, 1.54) is 7.05 Å². The SMILES string of the molecule is C#CCCC(=O)NC(C)C(C)C.CCCNC=O.CN.O=CNCC(=O)O. The molecule has 0 aliphatic carbocycles. The molecule has 0 aromatic carbocycles. The molecule has 6 N–H and O–H groups in total. The van der Waals surface area contributed by atoms with Gasteiger partial charge in [0.05, 0.1) is 0 Å². The zero-order valence-electron chi connectivity index (χ0n) is 17.1. The Kier molecular flexibility index (Phi) is 33.5. The fourth-order valence-corrected chi connectivity index (χ4v) is 1.01. The van der Waals surface area contributed by atoms with Crippen LogP contribution in [0.2, 0.25) is 0 Å². The fraction of sp³-hybridized carbons (Fsp3) is 0.667. The van der Waals surface area contributed by atoms with E-state index in [1.807, 2.05) is 19.2 Å². The zero-order valence-corrected chi connectivity index (χ0v) is 17.1. The minimum atomic E-state index is -1.04. The van der Waals surface area contributed by atoms with Gasteiger partial charge in [-0.1, -0.05) is 20.8 Å². The Morgan fingerprint density at radius 1 is 1.15 bits per heavy atom. The molecule has 0 heterocycles. The molecule has 27 heavy (non-hydrogen) atoms. The lowest BCUT2D eigenvalue weighted by atomic mass is 10.1. The van der Waals surface area contributed by atoms with E-state index < -0.39 is 5.97 Å². The monoisotopic (exact) mass is 388 g/mol. The number of carboxylic acid groups (broad SMARTS) is 1. The first-order valence-corrected chi connectivity index (χ1v) is 8.63. The summed E-state index contributed by atoms with van der Waals surface area (Å²) in [5.74, 6) is 1.93. The maximum Gasteiger partial charge on any atom is 0.322 e. The Labute approximate surface area is 162 Å². The highest BCUT2D eigenvalue weighted by atomic mass is 16.4. The number of carbonyl (C=O) groups is 4. The lowest BCUT2D eigenvalue weighted by molar-refractivity contribution is -0.136. The lowest BCUT2D eigenvalue weighted by Gasteiger charge is -2.16. The van der Waals surface area contributed by atoms with Gasteiger partial charge < -0.3 is 26.8 Å². The molecular formula is C18H36N4O5. The molecule has 0 radical (unpaired) electrons. The summed E-state index contributed by atoms with van der Waals surface area (Å²) < 4.78 is 0.